The lowest BCUT2D eigenvalue weighted by Gasteiger charge is -2.11. The lowest BCUT2D eigenvalue weighted by molar-refractivity contribution is 0.0925. The normalized spacial score (nSPS) is 11.5. The molecular weight excluding hydrogens is 334 g/mol. The number of carbonyl (C=O) groups is 1. The number of hydrogen-bond donors (Lipinski definition) is 3. The lowest BCUT2D eigenvalue weighted by Crippen LogP contribution is -2.38. The maximum atomic E-state index is 11.9. The van der Waals surface area contributed by atoms with Gasteiger partial charge in [-0.05, 0) is 40.2 Å². The van der Waals surface area contributed by atoms with Gasteiger partial charge in [0.05, 0.1) is 12.0 Å². The van der Waals surface area contributed by atoms with Crippen molar-refractivity contribution in [1.29, 1.82) is 0 Å². The van der Waals surface area contributed by atoms with Gasteiger partial charge in [0.15, 0.2) is 11.7 Å². The van der Waals surface area contributed by atoms with Crippen molar-refractivity contribution < 1.29 is 13.6 Å². The first-order chi connectivity index (χ1) is 12.5. The van der Waals surface area contributed by atoms with Crippen molar-refractivity contribution in [2.75, 3.05) is 19.6 Å². The summed E-state index contributed by atoms with van der Waals surface area (Å²) in [5.74, 6) is 2.27. The second-order valence-electron chi connectivity index (χ2n) is 5.91. The van der Waals surface area contributed by atoms with Crippen molar-refractivity contribution >= 4 is 11.9 Å². The summed E-state index contributed by atoms with van der Waals surface area (Å²) in [6.45, 7) is 9.99. The molecule has 0 unspecified atom stereocenters. The van der Waals surface area contributed by atoms with Crippen molar-refractivity contribution in [2.24, 2.45) is 4.99 Å². The van der Waals surface area contributed by atoms with Gasteiger partial charge in [0.2, 0.25) is 5.89 Å². The summed E-state index contributed by atoms with van der Waals surface area (Å²) in [6.07, 6.45) is 2.27. The minimum atomic E-state index is -0.192. The monoisotopic (exact) mass is 361 g/mol. The smallest absolute Gasteiger partial charge is 0.287 e. The summed E-state index contributed by atoms with van der Waals surface area (Å²) in [5, 5.41) is 9.24. The average molecular weight is 361 g/mol. The van der Waals surface area contributed by atoms with E-state index in [4.69, 9.17) is 8.83 Å². The number of aliphatic imine (C=N–C) groups is 1. The van der Waals surface area contributed by atoms with Gasteiger partial charge in [-0.25, -0.2) is 9.98 Å². The number of rotatable bonds is 8. The molecule has 2 rings (SSSR count). The Balaban J connectivity index is 1.73. The zero-order chi connectivity index (χ0) is 18.9. The molecule has 0 aliphatic heterocycles. The summed E-state index contributed by atoms with van der Waals surface area (Å²) < 4.78 is 10.7. The van der Waals surface area contributed by atoms with Crippen LogP contribution in [0.1, 0.15) is 46.8 Å². The van der Waals surface area contributed by atoms with Crippen LogP contribution in [0.5, 0.6) is 0 Å². The van der Waals surface area contributed by atoms with E-state index in [1.807, 2.05) is 27.7 Å². The quantitative estimate of drug-likeness (QED) is 0.378. The Kier molecular flexibility index (Phi) is 7.25. The fourth-order valence-corrected chi connectivity index (χ4v) is 2.28. The molecule has 0 aromatic carbocycles. The fraction of sp³-hybridized carbons (Fsp3) is 0.500. The van der Waals surface area contributed by atoms with Crippen LogP contribution in [0, 0.1) is 20.8 Å². The van der Waals surface area contributed by atoms with Gasteiger partial charge < -0.3 is 24.8 Å². The minimum Gasteiger partial charge on any atom is -0.459 e. The first-order valence-corrected chi connectivity index (χ1v) is 8.78. The highest BCUT2D eigenvalue weighted by Crippen LogP contribution is 2.09. The topological polar surface area (TPSA) is 105 Å². The number of nitrogens with one attached hydrogen (secondary N) is 3. The van der Waals surface area contributed by atoms with Crippen molar-refractivity contribution in [2.45, 2.75) is 40.7 Å². The third-order valence-corrected chi connectivity index (χ3v) is 3.79. The minimum absolute atomic E-state index is 0.192. The number of hydrogen-bond acceptors (Lipinski definition) is 5. The molecule has 2 heterocycles. The van der Waals surface area contributed by atoms with Crippen LogP contribution >= 0.6 is 0 Å². The zero-order valence-corrected chi connectivity index (χ0v) is 15.8. The molecule has 2 aromatic heterocycles. The summed E-state index contributed by atoms with van der Waals surface area (Å²) in [5.41, 5.74) is 1.72. The SMILES string of the molecule is CCNC(=NCc1nc(C)c(C)o1)NCCCNC(=O)c1occc1C. The molecule has 0 aliphatic rings. The average Bonchev–Trinajstić information content (AvgIpc) is 3.17. The first kappa shape index (κ1) is 19.6. The van der Waals surface area contributed by atoms with E-state index < -0.39 is 0 Å². The van der Waals surface area contributed by atoms with Gasteiger partial charge in [-0.2, -0.15) is 0 Å². The molecule has 0 fully saturated rings. The second kappa shape index (κ2) is 9.65. The highest BCUT2D eigenvalue weighted by molar-refractivity contribution is 5.92. The van der Waals surface area contributed by atoms with E-state index in [1.165, 1.54) is 6.26 Å². The third-order valence-electron chi connectivity index (χ3n) is 3.79. The Bertz CT molecular complexity index is 728. The maximum Gasteiger partial charge on any atom is 0.287 e. The maximum absolute atomic E-state index is 11.9. The van der Waals surface area contributed by atoms with Crippen LogP contribution in [0.4, 0.5) is 0 Å². The van der Waals surface area contributed by atoms with Crippen LogP contribution in [0.3, 0.4) is 0 Å². The largest absolute Gasteiger partial charge is 0.459 e. The molecule has 2 aromatic rings. The van der Waals surface area contributed by atoms with E-state index in [-0.39, 0.29) is 5.91 Å². The van der Waals surface area contributed by atoms with E-state index in [9.17, 15) is 4.79 Å². The Hall–Kier alpha value is -2.77. The highest BCUT2D eigenvalue weighted by atomic mass is 16.4. The van der Waals surface area contributed by atoms with E-state index in [0.29, 0.717) is 37.2 Å². The second-order valence-corrected chi connectivity index (χ2v) is 5.91. The van der Waals surface area contributed by atoms with Crippen molar-refractivity contribution in [3.8, 4) is 0 Å². The molecule has 0 saturated carbocycles. The molecule has 0 atom stereocenters. The molecule has 0 bridgehead atoms. The number of carbonyl (C=O) groups excluding carboxylic acids is 1. The number of aromatic nitrogens is 1. The molecule has 0 spiro atoms. The predicted molar refractivity (Wildman–Crippen MR) is 99.2 cm³/mol. The van der Waals surface area contributed by atoms with Crippen LogP contribution in [0.25, 0.3) is 0 Å². The van der Waals surface area contributed by atoms with Gasteiger partial charge in [0.1, 0.15) is 12.3 Å². The van der Waals surface area contributed by atoms with Crippen LogP contribution in [0.2, 0.25) is 0 Å². The molecule has 1 amide bonds. The molecule has 142 valence electrons. The summed E-state index contributed by atoms with van der Waals surface area (Å²) in [7, 11) is 0. The Morgan fingerprint density at radius 3 is 2.58 bits per heavy atom. The Labute approximate surface area is 153 Å². The van der Waals surface area contributed by atoms with Crippen molar-refractivity contribution in [3.05, 3.63) is 41.0 Å². The number of nitrogens with zero attached hydrogens (tertiary/aromatic N) is 2. The fourth-order valence-electron chi connectivity index (χ4n) is 2.28. The highest BCUT2D eigenvalue weighted by Gasteiger charge is 2.11. The number of amides is 1. The van der Waals surface area contributed by atoms with Gasteiger partial charge in [-0.3, -0.25) is 4.79 Å². The zero-order valence-electron chi connectivity index (χ0n) is 15.8. The number of furan rings is 1. The molecule has 0 saturated heterocycles. The molecule has 0 radical (unpaired) electrons. The third kappa shape index (κ3) is 5.65. The standard InChI is InChI=1S/C18H27N5O3/c1-5-19-18(22-11-15-23-13(3)14(4)26-15)21-9-6-8-20-17(24)16-12(2)7-10-25-16/h7,10H,5-6,8-9,11H2,1-4H3,(H,20,24)(H2,19,21,22). The summed E-state index contributed by atoms with van der Waals surface area (Å²) in [6, 6.07) is 1.77. The number of guanidine groups is 1. The predicted octanol–water partition coefficient (Wildman–Crippen LogP) is 2.07. The van der Waals surface area contributed by atoms with Gasteiger partial charge in [-0.1, -0.05) is 0 Å². The van der Waals surface area contributed by atoms with Gasteiger partial charge >= 0.3 is 0 Å². The van der Waals surface area contributed by atoms with Crippen molar-refractivity contribution in [3.63, 3.8) is 0 Å². The van der Waals surface area contributed by atoms with Gasteiger partial charge in [-0.15, -0.1) is 0 Å². The van der Waals surface area contributed by atoms with E-state index in [0.717, 1.165) is 30.0 Å². The van der Waals surface area contributed by atoms with E-state index in [1.54, 1.807) is 6.07 Å². The molecular formula is C18H27N5O3. The van der Waals surface area contributed by atoms with Crippen molar-refractivity contribution in [1.82, 2.24) is 20.9 Å². The molecule has 26 heavy (non-hydrogen) atoms. The summed E-state index contributed by atoms with van der Waals surface area (Å²) >= 11 is 0. The molecule has 8 heteroatoms. The van der Waals surface area contributed by atoms with Crippen LogP contribution in [-0.4, -0.2) is 36.5 Å². The number of oxazole rings is 1. The molecule has 3 N–H and O–H groups in total. The molecule has 0 aliphatic carbocycles. The van der Waals surface area contributed by atoms with E-state index in [2.05, 4.69) is 25.9 Å². The van der Waals surface area contributed by atoms with Crippen LogP contribution in [-0.2, 0) is 6.54 Å². The first-order valence-electron chi connectivity index (χ1n) is 8.78. The van der Waals surface area contributed by atoms with Crippen LogP contribution in [0.15, 0.2) is 26.2 Å². The van der Waals surface area contributed by atoms with Gasteiger partial charge in [0.25, 0.3) is 5.91 Å². The molecule has 8 nitrogen and oxygen atoms in total. The summed E-state index contributed by atoms with van der Waals surface area (Å²) in [4.78, 5) is 20.7. The Morgan fingerprint density at radius 2 is 1.96 bits per heavy atom. The Morgan fingerprint density at radius 1 is 1.19 bits per heavy atom. The lowest BCUT2D eigenvalue weighted by atomic mass is 10.2. The van der Waals surface area contributed by atoms with E-state index >= 15 is 0 Å². The van der Waals surface area contributed by atoms with Gasteiger partial charge in [0, 0.05) is 25.2 Å². The van der Waals surface area contributed by atoms with Crippen LogP contribution < -0.4 is 16.0 Å². The number of aryl methyl sites for hydroxylation is 3.